The van der Waals surface area contributed by atoms with Crippen LogP contribution in [0.25, 0.3) is 6.08 Å². The number of rotatable bonds is 5. The number of aromatic nitrogens is 2. The summed E-state index contributed by atoms with van der Waals surface area (Å²) in [4.78, 5) is 11.9. The van der Waals surface area contributed by atoms with Gasteiger partial charge in [0.2, 0.25) is 5.91 Å². The molecule has 1 amide bonds. The van der Waals surface area contributed by atoms with Gasteiger partial charge in [-0.3, -0.25) is 9.89 Å². The molecule has 1 saturated heterocycles. The first-order valence-electron chi connectivity index (χ1n) is 8.06. The van der Waals surface area contributed by atoms with Crippen LogP contribution in [0.1, 0.15) is 36.4 Å². The van der Waals surface area contributed by atoms with Crippen molar-refractivity contribution in [3.8, 4) is 0 Å². The molecule has 24 heavy (non-hydrogen) atoms. The van der Waals surface area contributed by atoms with E-state index in [2.05, 4.69) is 15.5 Å². The zero-order valence-corrected chi connectivity index (χ0v) is 13.3. The second-order valence-electron chi connectivity index (χ2n) is 5.77. The molecule has 2 aromatic rings. The second-order valence-corrected chi connectivity index (χ2v) is 5.77. The van der Waals surface area contributed by atoms with E-state index in [0.29, 0.717) is 17.3 Å². The Balaban J connectivity index is 1.52. The van der Waals surface area contributed by atoms with Crippen LogP contribution < -0.4 is 5.32 Å². The molecule has 1 aromatic carbocycles. The van der Waals surface area contributed by atoms with Crippen molar-refractivity contribution in [1.82, 2.24) is 10.2 Å². The highest BCUT2D eigenvalue weighted by atomic mass is 19.1. The standard InChI is InChI=1S/C18H20FN3O2/c19-15-6-2-1-4-13(15)5-3-7-18(23)20-17-12-16(21-22-17)14-8-10-24-11-9-14/h1-6,12,14H,7-11H2,(H2,20,21,22,23). The van der Waals surface area contributed by atoms with Gasteiger partial charge < -0.3 is 10.1 Å². The van der Waals surface area contributed by atoms with Crippen LogP contribution in [0.4, 0.5) is 10.2 Å². The lowest BCUT2D eigenvalue weighted by atomic mass is 9.97. The molecule has 1 fully saturated rings. The van der Waals surface area contributed by atoms with Crippen molar-refractivity contribution < 1.29 is 13.9 Å². The number of carbonyl (C=O) groups is 1. The first kappa shape index (κ1) is 16.4. The fraction of sp³-hybridized carbons (Fsp3) is 0.333. The van der Waals surface area contributed by atoms with Gasteiger partial charge in [-0.15, -0.1) is 0 Å². The third kappa shape index (κ3) is 4.29. The molecular formula is C18H20FN3O2. The summed E-state index contributed by atoms with van der Waals surface area (Å²) in [5.74, 6) is 0.425. The van der Waals surface area contributed by atoms with E-state index in [4.69, 9.17) is 4.74 Å². The maximum Gasteiger partial charge on any atom is 0.229 e. The number of ether oxygens (including phenoxy) is 1. The van der Waals surface area contributed by atoms with Crippen LogP contribution in [-0.4, -0.2) is 29.3 Å². The van der Waals surface area contributed by atoms with Crippen molar-refractivity contribution in [2.75, 3.05) is 18.5 Å². The largest absolute Gasteiger partial charge is 0.381 e. The molecule has 0 spiro atoms. The van der Waals surface area contributed by atoms with Crippen LogP contribution in [0, 0.1) is 5.82 Å². The SMILES string of the molecule is O=C(CC=Cc1ccccc1F)Nc1cc(C2CCOCC2)[nH]n1. The highest BCUT2D eigenvalue weighted by Crippen LogP contribution is 2.26. The molecule has 0 atom stereocenters. The Bertz CT molecular complexity index is 721. The summed E-state index contributed by atoms with van der Waals surface area (Å²) in [5, 5.41) is 9.86. The molecule has 5 nitrogen and oxygen atoms in total. The Labute approximate surface area is 139 Å². The molecule has 0 unspecified atom stereocenters. The van der Waals surface area contributed by atoms with E-state index in [1.54, 1.807) is 30.4 Å². The predicted molar refractivity (Wildman–Crippen MR) is 90.1 cm³/mol. The van der Waals surface area contributed by atoms with Crippen molar-refractivity contribution >= 4 is 17.8 Å². The highest BCUT2D eigenvalue weighted by Gasteiger charge is 2.18. The molecule has 126 valence electrons. The number of amides is 1. The number of benzene rings is 1. The molecular weight excluding hydrogens is 309 g/mol. The van der Waals surface area contributed by atoms with E-state index in [1.165, 1.54) is 6.07 Å². The smallest absolute Gasteiger partial charge is 0.229 e. The normalized spacial score (nSPS) is 15.7. The summed E-state index contributed by atoms with van der Waals surface area (Å²) in [6.45, 7) is 1.51. The van der Waals surface area contributed by atoms with Crippen molar-refractivity contribution in [3.63, 3.8) is 0 Å². The molecule has 6 heteroatoms. The van der Waals surface area contributed by atoms with Gasteiger partial charge in [-0.1, -0.05) is 30.4 Å². The maximum absolute atomic E-state index is 13.5. The van der Waals surface area contributed by atoms with Gasteiger partial charge in [-0.25, -0.2) is 4.39 Å². The van der Waals surface area contributed by atoms with Crippen molar-refractivity contribution in [2.45, 2.75) is 25.2 Å². The molecule has 0 radical (unpaired) electrons. The van der Waals surface area contributed by atoms with Gasteiger partial charge in [-0.2, -0.15) is 5.10 Å². The minimum absolute atomic E-state index is 0.161. The van der Waals surface area contributed by atoms with E-state index in [9.17, 15) is 9.18 Å². The van der Waals surface area contributed by atoms with E-state index in [-0.39, 0.29) is 18.1 Å². The summed E-state index contributed by atoms with van der Waals surface area (Å²) in [7, 11) is 0. The fourth-order valence-corrected chi connectivity index (χ4v) is 2.72. The Morgan fingerprint density at radius 3 is 2.96 bits per heavy atom. The second kappa shape index (κ2) is 7.88. The third-order valence-electron chi connectivity index (χ3n) is 4.03. The molecule has 0 saturated carbocycles. The number of anilines is 1. The van der Waals surface area contributed by atoms with Gasteiger partial charge in [0.1, 0.15) is 5.82 Å². The van der Waals surface area contributed by atoms with E-state index >= 15 is 0 Å². The summed E-state index contributed by atoms with van der Waals surface area (Å²) in [5.41, 5.74) is 1.49. The summed E-state index contributed by atoms with van der Waals surface area (Å²) in [6, 6.07) is 8.31. The Morgan fingerprint density at radius 2 is 2.17 bits per heavy atom. The monoisotopic (exact) mass is 329 g/mol. The van der Waals surface area contributed by atoms with Crippen molar-refractivity contribution in [1.29, 1.82) is 0 Å². The molecule has 0 bridgehead atoms. The summed E-state index contributed by atoms with van der Waals surface area (Å²) < 4.78 is 18.8. The lowest BCUT2D eigenvalue weighted by Crippen LogP contribution is -2.14. The lowest BCUT2D eigenvalue weighted by molar-refractivity contribution is -0.115. The van der Waals surface area contributed by atoms with Crippen LogP contribution in [0.3, 0.4) is 0 Å². The van der Waals surface area contributed by atoms with Gasteiger partial charge in [-0.05, 0) is 18.9 Å². The minimum atomic E-state index is -0.303. The first-order valence-corrected chi connectivity index (χ1v) is 8.06. The highest BCUT2D eigenvalue weighted by molar-refractivity contribution is 5.91. The van der Waals surface area contributed by atoms with E-state index in [1.807, 2.05) is 6.07 Å². The van der Waals surface area contributed by atoms with Gasteiger partial charge in [0.25, 0.3) is 0 Å². The number of hydrogen-bond acceptors (Lipinski definition) is 3. The molecule has 3 rings (SSSR count). The van der Waals surface area contributed by atoms with Gasteiger partial charge in [0, 0.05) is 42.9 Å². The van der Waals surface area contributed by atoms with Crippen LogP contribution in [-0.2, 0) is 9.53 Å². The number of aromatic amines is 1. The quantitative estimate of drug-likeness (QED) is 0.882. The number of halogens is 1. The zero-order valence-electron chi connectivity index (χ0n) is 13.3. The fourth-order valence-electron chi connectivity index (χ4n) is 2.72. The zero-order chi connectivity index (χ0) is 16.8. The average molecular weight is 329 g/mol. The van der Waals surface area contributed by atoms with E-state index in [0.717, 1.165) is 31.7 Å². The molecule has 1 aliphatic rings. The van der Waals surface area contributed by atoms with Gasteiger partial charge in [0.15, 0.2) is 5.82 Å². The van der Waals surface area contributed by atoms with Crippen LogP contribution in [0.5, 0.6) is 0 Å². The van der Waals surface area contributed by atoms with Crippen LogP contribution in [0.2, 0.25) is 0 Å². The minimum Gasteiger partial charge on any atom is -0.381 e. The predicted octanol–water partition coefficient (Wildman–Crippen LogP) is 3.48. The molecule has 1 aromatic heterocycles. The Hall–Kier alpha value is -2.47. The number of hydrogen-bond donors (Lipinski definition) is 2. The van der Waals surface area contributed by atoms with Crippen LogP contribution in [0.15, 0.2) is 36.4 Å². The number of H-pyrrole nitrogens is 1. The molecule has 1 aliphatic heterocycles. The third-order valence-corrected chi connectivity index (χ3v) is 4.03. The molecule has 2 heterocycles. The topological polar surface area (TPSA) is 67.0 Å². The number of carbonyl (C=O) groups excluding carboxylic acids is 1. The molecule has 0 aliphatic carbocycles. The summed E-state index contributed by atoms with van der Waals surface area (Å²) in [6.07, 6.45) is 5.32. The van der Waals surface area contributed by atoms with Crippen LogP contribution >= 0.6 is 0 Å². The summed E-state index contributed by atoms with van der Waals surface area (Å²) >= 11 is 0. The van der Waals surface area contributed by atoms with E-state index < -0.39 is 0 Å². The van der Waals surface area contributed by atoms with Gasteiger partial charge >= 0.3 is 0 Å². The first-order chi connectivity index (χ1) is 11.7. The number of nitrogens with one attached hydrogen (secondary N) is 2. The van der Waals surface area contributed by atoms with Gasteiger partial charge in [0.05, 0.1) is 0 Å². The van der Waals surface area contributed by atoms with Crippen molar-refractivity contribution in [2.24, 2.45) is 0 Å². The molecule has 2 N–H and O–H groups in total. The van der Waals surface area contributed by atoms with Crippen molar-refractivity contribution in [3.05, 3.63) is 53.5 Å². The maximum atomic E-state index is 13.5. The Morgan fingerprint density at radius 1 is 1.38 bits per heavy atom. The average Bonchev–Trinajstić information content (AvgIpc) is 3.06. The Kier molecular flexibility index (Phi) is 5.38. The lowest BCUT2D eigenvalue weighted by Gasteiger charge is -2.20. The number of nitrogens with zero attached hydrogens (tertiary/aromatic N) is 1.